The summed E-state index contributed by atoms with van der Waals surface area (Å²) in [6, 6.07) is 12.8. The summed E-state index contributed by atoms with van der Waals surface area (Å²) in [6.07, 6.45) is 0. The Morgan fingerprint density at radius 1 is 1.19 bits per heavy atom. The first-order chi connectivity index (χ1) is 12.9. The second-order valence-corrected chi connectivity index (χ2v) is 8.37. The van der Waals surface area contributed by atoms with Gasteiger partial charge >= 0.3 is 0 Å². The minimum absolute atomic E-state index is 0.107. The maximum absolute atomic E-state index is 12.9. The zero-order chi connectivity index (χ0) is 19.4. The number of hydrogen-bond donors (Lipinski definition) is 2. The number of para-hydroxylation sites is 2. The van der Waals surface area contributed by atoms with Gasteiger partial charge in [-0.1, -0.05) is 12.1 Å². The number of sulfonamides is 1. The quantitative estimate of drug-likeness (QED) is 0.749. The number of carbonyl (C=O) groups is 1. The molecule has 0 bridgehead atoms. The summed E-state index contributed by atoms with van der Waals surface area (Å²) in [5, 5.41) is 6.02. The first-order valence-electron chi connectivity index (χ1n) is 8.64. The minimum atomic E-state index is -3.77. The normalized spacial score (nSPS) is 14.3. The van der Waals surface area contributed by atoms with Crippen LogP contribution in [0.2, 0.25) is 0 Å². The van der Waals surface area contributed by atoms with E-state index in [1.165, 1.54) is 42.7 Å². The van der Waals surface area contributed by atoms with Gasteiger partial charge in [-0.15, -0.1) is 0 Å². The van der Waals surface area contributed by atoms with E-state index in [1.54, 1.807) is 24.3 Å². The molecule has 1 saturated heterocycles. The van der Waals surface area contributed by atoms with Gasteiger partial charge in [0.05, 0.1) is 17.7 Å². The molecule has 2 aromatic rings. The number of benzene rings is 2. The fourth-order valence-electron chi connectivity index (χ4n) is 2.79. The Morgan fingerprint density at radius 3 is 2.44 bits per heavy atom. The van der Waals surface area contributed by atoms with Gasteiger partial charge in [0, 0.05) is 38.2 Å². The molecule has 8 heteroatoms. The number of nitrogens with zero attached hydrogens (tertiary/aromatic N) is 1. The lowest BCUT2D eigenvalue weighted by molar-refractivity contribution is 0.0942. The van der Waals surface area contributed by atoms with Gasteiger partial charge in [-0.05, 0) is 36.4 Å². The van der Waals surface area contributed by atoms with Crippen LogP contribution in [0.25, 0.3) is 0 Å². The van der Waals surface area contributed by atoms with Crippen molar-refractivity contribution in [2.75, 3.05) is 38.1 Å². The zero-order valence-corrected chi connectivity index (χ0v) is 16.1. The van der Waals surface area contributed by atoms with Gasteiger partial charge < -0.3 is 15.4 Å². The SMILES string of the molecule is COc1ccccc1N(C)S(=O)(=O)c1ccc(C(=O)NCC2CNC2)cc1. The van der Waals surface area contributed by atoms with Gasteiger partial charge in [-0.3, -0.25) is 9.10 Å². The lowest BCUT2D eigenvalue weighted by Crippen LogP contribution is -2.48. The zero-order valence-electron chi connectivity index (χ0n) is 15.3. The number of carbonyl (C=O) groups excluding carboxylic acids is 1. The Bertz CT molecular complexity index is 909. The Labute approximate surface area is 159 Å². The van der Waals surface area contributed by atoms with Gasteiger partial charge in [0.1, 0.15) is 5.75 Å². The maximum Gasteiger partial charge on any atom is 0.264 e. The average molecular weight is 389 g/mol. The second kappa shape index (κ2) is 7.98. The first-order valence-corrected chi connectivity index (χ1v) is 10.1. The molecule has 0 spiro atoms. The molecule has 0 saturated carbocycles. The molecular weight excluding hydrogens is 366 g/mol. The standard InChI is InChI=1S/C19H23N3O4S/c1-22(17-5-3-4-6-18(17)26-2)27(24,25)16-9-7-15(8-10-16)19(23)21-13-14-11-20-12-14/h3-10,14,20H,11-13H2,1-2H3,(H,21,23). The van der Waals surface area contributed by atoms with E-state index in [-0.39, 0.29) is 10.8 Å². The molecule has 1 amide bonds. The Balaban J connectivity index is 1.75. The van der Waals surface area contributed by atoms with Crippen LogP contribution in [0.15, 0.2) is 53.4 Å². The highest BCUT2D eigenvalue weighted by molar-refractivity contribution is 7.92. The highest BCUT2D eigenvalue weighted by Gasteiger charge is 2.24. The summed E-state index contributed by atoms with van der Waals surface area (Å²) < 4.78 is 32.2. The molecule has 0 radical (unpaired) electrons. The molecule has 0 atom stereocenters. The molecule has 7 nitrogen and oxygen atoms in total. The molecule has 3 rings (SSSR count). The molecule has 27 heavy (non-hydrogen) atoms. The number of methoxy groups -OCH3 is 1. The number of hydrogen-bond acceptors (Lipinski definition) is 5. The summed E-state index contributed by atoms with van der Waals surface area (Å²) in [6.45, 7) is 2.43. The largest absolute Gasteiger partial charge is 0.495 e. The van der Waals surface area contributed by atoms with Crippen LogP contribution >= 0.6 is 0 Å². The van der Waals surface area contributed by atoms with Gasteiger partial charge in [-0.2, -0.15) is 0 Å². The Kier molecular flexibility index (Phi) is 5.67. The van der Waals surface area contributed by atoms with Crippen molar-refractivity contribution >= 4 is 21.6 Å². The van der Waals surface area contributed by atoms with Crippen molar-refractivity contribution in [2.24, 2.45) is 5.92 Å². The molecule has 1 heterocycles. The molecule has 2 aromatic carbocycles. The van der Waals surface area contributed by atoms with Crippen LogP contribution in [-0.4, -0.2) is 48.1 Å². The van der Waals surface area contributed by atoms with Crippen LogP contribution in [-0.2, 0) is 10.0 Å². The summed E-state index contributed by atoms with van der Waals surface area (Å²) in [5.41, 5.74) is 0.872. The molecule has 0 aliphatic carbocycles. The van der Waals surface area contributed by atoms with Crippen molar-refractivity contribution in [3.8, 4) is 5.75 Å². The number of amides is 1. The molecular formula is C19H23N3O4S. The van der Waals surface area contributed by atoms with Gasteiger partial charge in [0.2, 0.25) is 0 Å². The molecule has 0 unspecified atom stereocenters. The number of anilines is 1. The van der Waals surface area contributed by atoms with E-state index < -0.39 is 10.0 Å². The van der Waals surface area contributed by atoms with Crippen molar-refractivity contribution < 1.29 is 17.9 Å². The van der Waals surface area contributed by atoms with E-state index in [4.69, 9.17) is 4.74 Å². The van der Waals surface area contributed by atoms with Gasteiger partial charge in [-0.25, -0.2) is 8.42 Å². The van der Waals surface area contributed by atoms with Crippen LogP contribution in [0.1, 0.15) is 10.4 Å². The monoisotopic (exact) mass is 389 g/mol. The van der Waals surface area contributed by atoms with Crippen molar-refractivity contribution in [2.45, 2.75) is 4.90 Å². The Morgan fingerprint density at radius 2 is 1.85 bits per heavy atom. The second-order valence-electron chi connectivity index (χ2n) is 6.40. The fraction of sp³-hybridized carbons (Fsp3) is 0.316. The molecule has 144 valence electrons. The average Bonchev–Trinajstić information content (AvgIpc) is 2.66. The van der Waals surface area contributed by atoms with Crippen LogP contribution in [0, 0.1) is 5.92 Å². The smallest absolute Gasteiger partial charge is 0.264 e. The highest BCUT2D eigenvalue weighted by atomic mass is 32.2. The molecule has 1 aliphatic heterocycles. The predicted octanol–water partition coefficient (Wildman–Crippen LogP) is 1.47. The van der Waals surface area contributed by atoms with Gasteiger partial charge in [0.15, 0.2) is 0 Å². The summed E-state index contributed by atoms with van der Waals surface area (Å²) in [5.74, 6) is 0.720. The summed E-state index contributed by atoms with van der Waals surface area (Å²) in [7, 11) is -0.809. The van der Waals surface area contributed by atoms with E-state index >= 15 is 0 Å². The van der Waals surface area contributed by atoms with Crippen LogP contribution in [0.4, 0.5) is 5.69 Å². The van der Waals surface area contributed by atoms with Crippen LogP contribution in [0.3, 0.4) is 0 Å². The van der Waals surface area contributed by atoms with Crippen molar-refractivity contribution in [1.82, 2.24) is 10.6 Å². The third kappa shape index (κ3) is 4.06. The number of rotatable bonds is 7. The van der Waals surface area contributed by atoms with Crippen LogP contribution in [0.5, 0.6) is 5.75 Å². The minimum Gasteiger partial charge on any atom is -0.495 e. The highest BCUT2D eigenvalue weighted by Crippen LogP contribution is 2.30. The van der Waals surface area contributed by atoms with E-state index in [0.717, 1.165) is 13.1 Å². The molecule has 2 N–H and O–H groups in total. The van der Waals surface area contributed by atoms with Crippen molar-refractivity contribution in [1.29, 1.82) is 0 Å². The number of nitrogens with one attached hydrogen (secondary N) is 2. The van der Waals surface area contributed by atoms with E-state index in [0.29, 0.717) is 29.5 Å². The lowest BCUT2D eigenvalue weighted by atomic mass is 10.0. The van der Waals surface area contributed by atoms with Gasteiger partial charge in [0.25, 0.3) is 15.9 Å². The predicted molar refractivity (Wildman–Crippen MR) is 104 cm³/mol. The molecule has 1 aliphatic rings. The van der Waals surface area contributed by atoms with Crippen molar-refractivity contribution in [3.05, 3.63) is 54.1 Å². The Hall–Kier alpha value is -2.58. The third-order valence-electron chi connectivity index (χ3n) is 4.62. The van der Waals surface area contributed by atoms with E-state index in [9.17, 15) is 13.2 Å². The first kappa shape index (κ1) is 19.2. The molecule has 1 fully saturated rings. The fourth-order valence-corrected chi connectivity index (χ4v) is 3.99. The summed E-state index contributed by atoms with van der Waals surface area (Å²) in [4.78, 5) is 12.3. The lowest BCUT2D eigenvalue weighted by Gasteiger charge is -2.27. The van der Waals surface area contributed by atoms with Crippen molar-refractivity contribution in [3.63, 3.8) is 0 Å². The van der Waals surface area contributed by atoms with Crippen LogP contribution < -0.4 is 19.7 Å². The number of ether oxygens (including phenoxy) is 1. The molecule has 0 aromatic heterocycles. The third-order valence-corrected chi connectivity index (χ3v) is 6.40. The van der Waals surface area contributed by atoms with E-state index in [2.05, 4.69) is 10.6 Å². The van der Waals surface area contributed by atoms with E-state index in [1.807, 2.05) is 0 Å². The summed E-state index contributed by atoms with van der Waals surface area (Å²) >= 11 is 0. The topological polar surface area (TPSA) is 87.7 Å². The maximum atomic E-state index is 12.9.